The lowest BCUT2D eigenvalue weighted by molar-refractivity contribution is 0.0224. The zero-order valence-electron chi connectivity index (χ0n) is 13.8. The first-order chi connectivity index (χ1) is 11.1. The van der Waals surface area contributed by atoms with Gasteiger partial charge >= 0.3 is 0 Å². The van der Waals surface area contributed by atoms with E-state index in [4.69, 9.17) is 0 Å². The van der Waals surface area contributed by atoms with Crippen molar-refractivity contribution in [1.29, 1.82) is 0 Å². The van der Waals surface area contributed by atoms with Gasteiger partial charge in [-0.25, -0.2) is 0 Å². The number of likely N-dealkylation sites (tertiary alicyclic amines) is 1. The summed E-state index contributed by atoms with van der Waals surface area (Å²) in [6.07, 6.45) is 4.42. The first-order valence-corrected chi connectivity index (χ1v) is 8.45. The molecule has 2 fully saturated rings. The summed E-state index contributed by atoms with van der Waals surface area (Å²) in [4.78, 5) is 23.1. The fraction of sp³-hybridized carbons (Fsp3) is 0.647. The number of rotatable bonds is 2. The second-order valence-electron chi connectivity index (χ2n) is 6.58. The third-order valence-corrected chi connectivity index (χ3v) is 5.06. The average molecular weight is 318 g/mol. The molecule has 1 aromatic rings. The quantitative estimate of drug-likeness (QED) is 0.850. The summed E-state index contributed by atoms with van der Waals surface area (Å²) in [5.41, 5.74) is 0.674. The fourth-order valence-corrected chi connectivity index (χ4v) is 3.53. The van der Waals surface area contributed by atoms with Crippen molar-refractivity contribution in [3.05, 3.63) is 30.1 Å². The molecule has 2 aliphatic rings. The highest BCUT2D eigenvalue weighted by Gasteiger charge is 2.32. The number of amides is 1. The maximum atomic E-state index is 12.6. The molecule has 2 saturated heterocycles. The number of pyridine rings is 1. The topological polar surface area (TPSA) is 59.9 Å². The van der Waals surface area contributed by atoms with Gasteiger partial charge in [0.15, 0.2) is 0 Å². The van der Waals surface area contributed by atoms with Crippen molar-refractivity contribution in [2.45, 2.75) is 25.0 Å². The van der Waals surface area contributed by atoms with Crippen LogP contribution in [-0.4, -0.2) is 89.2 Å². The van der Waals surface area contributed by atoms with Crippen molar-refractivity contribution in [1.82, 2.24) is 19.7 Å². The number of aromatic nitrogens is 1. The monoisotopic (exact) mass is 318 g/mol. The van der Waals surface area contributed by atoms with E-state index >= 15 is 0 Å². The summed E-state index contributed by atoms with van der Waals surface area (Å²) < 4.78 is 0. The number of hydrogen-bond donors (Lipinski definition) is 1. The molecular weight excluding hydrogens is 292 g/mol. The van der Waals surface area contributed by atoms with Crippen LogP contribution in [0, 0.1) is 0 Å². The van der Waals surface area contributed by atoms with E-state index in [9.17, 15) is 9.90 Å². The van der Waals surface area contributed by atoms with Crippen LogP contribution in [0.5, 0.6) is 0 Å². The van der Waals surface area contributed by atoms with Crippen molar-refractivity contribution in [3.63, 3.8) is 0 Å². The molecule has 0 aliphatic carbocycles. The number of likely N-dealkylation sites (N-methyl/N-ethyl adjacent to an activating group) is 1. The molecule has 0 spiro atoms. The van der Waals surface area contributed by atoms with Gasteiger partial charge < -0.3 is 14.9 Å². The lowest BCUT2D eigenvalue weighted by Crippen LogP contribution is -2.52. The summed E-state index contributed by atoms with van der Waals surface area (Å²) in [7, 11) is 2.13. The molecule has 6 nitrogen and oxygen atoms in total. The normalized spacial score (nSPS) is 27.7. The molecule has 1 N–H and O–H groups in total. The number of carbonyl (C=O) groups is 1. The van der Waals surface area contributed by atoms with E-state index in [2.05, 4.69) is 21.8 Å². The SMILES string of the molecule is CN1CCN([C@H]2CCN(C(=O)c3ccncc3)CC[C@@H]2O)CC1. The molecule has 3 rings (SSSR count). The zero-order chi connectivity index (χ0) is 16.2. The number of nitrogens with zero attached hydrogens (tertiary/aromatic N) is 4. The standard InChI is InChI=1S/C17H26N4O2/c1-19-10-12-20(13-11-19)15-4-8-21(9-5-16(15)22)17(23)14-2-6-18-7-3-14/h2-3,6-7,15-16,22H,4-5,8-13H2,1H3/t15-,16-/m0/s1. The van der Waals surface area contributed by atoms with Crippen LogP contribution in [0.4, 0.5) is 0 Å². The molecule has 0 saturated carbocycles. The number of carbonyl (C=O) groups excluding carboxylic acids is 1. The number of aliphatic hydroxyl groups is 1. The van der Waals surface area contributed by atoms with Gasteiger partial charge in [-0.1, -0.05) is 0 Å². The van der Waals surface area contributed by atoms with E-state index in [-0.39, 0.29) is 18.1 Å². The van der Waals surface area contributed by atoms with Gasteiger partial charge in [0.25, 0.3) is 5.91 Å². The Balaban J connectivity index is 1.63. The summed E-state index contributed by atoms with van der Waals surface area (Å²) >= 11 is 0. The molecule has 0 aromatic carbocycles. The maximum Gasteiger partial charge on any atom is 0.253 e. The summed E-state index contributed by atoms with van der Waals surface area (Å²) in [5, 5.41) is 10.5. The van der Waals surface area contributed by atoms with Crippen LogP contribution in [-0.2, 0) is 0 Å². The Morgan fingerprint density at radius 2 is 1.74 bits per heavy atom. The van der Waals surface area contributed by atoms with Crippen LogP contribution in [0.3, 0.4) is 0 Å². The molecule has 2 aliphatic heterocycles. The van der Waals surface area contributed by atoms with Gasteiger partial charge in [0.1, 0.15) is 0 Å². The van der Waals surface area contributed by atoms with E-state index in [1.165, 1.54) is 0 Å². The van der Waals surface area contributed by atoms with Crippen LogP contribution in [0.15, 0.2) is 24.5 Å². The Hall–Kier alpha value is -1.50. The van der Waals surface area contributed by atoms with Gasteiger partial charge in [-0.05, 0) is 32.0 Å². The second kappa shape index (κ2) is 7.38. The van der Waals surface area contributed by atoms with Gasteiger partial charge in [-0.15, -0.1) is 0 Å². The Morgan fingerprint density at radius 1 is 1.09 bits per heavy atom. The van der Waals surface area contributed by atoms with E-state index in [1.54, 1.807) is 24.5 Å². The van der Waals surface area contributed by atoms with Gasteiger partial charge in [-0.2, -0.15) is 0 Å². The lowest BCUT2D eigenvalue weighted by atomic mass is 10.0. The zero-order valence-corrected chi connectivity index (χ0v) is 13.8. The molecule has 6 heteroatoms. The van der Waals surface area contributed by atoms with Gasteiger partial charge in [0, 0.05) is 63.3 Å². The molecular formula is C17H26N4O2. The van der Waals surface area contributed by atoms with Gasteiger partial charge in [0.2, 0.25) is 0 Å². The number of piperazine rings is 1. The van der Waals surface area contributed by atoms with Crippen LogP contribution < -0.4 is 0 Å². The minimum absolute atomic E-state index is 0.0404. The minimum atomic E-state index is -0.353. The summed E-state index contributed by atoms with van der Waals surface area (Å²) in [5.74, 6) is 0.0404. The number of hydrogen-bond acceptors (Lipinski definition) is 5. The highest BCUT2D eigenvalue weighted by atomic mass is 16.3. The van der Waals surface area contributed by atoms with Crippen molar-refractivity contribution >= 4 is 5.91 Å². The first-order valence-electron chi connectivity index (χ1n) is 8.45. The van der Waals surface area contributed by atoms with E-state index in [0.29, 0.717) is 25.1 Å². The third kappa shape index (κ3) is 3.88. The van der Waals surface area contributed by atoms with Crippen LogP contribution in [0.1, 0.15) is 23.2 Å². The summed E-state index contributed by atoms with van der Waals surface area (Å²) in [6, 6.07) is 3.67. The van der Waals surface area contributed by atoms with Crippen molar-refractivity contribution in [3.8, 4) is 0 Å². The van der Waals surface area contributed by atoms with Gasteiger partial charge in [0.05, 0.1) is 6.10 Å². The Kier molecular flexibility index (Phi) is 5.25. The predicted octanol–water partition coefficient (Wildman–Crippen LogP) is 0.294. The molecule has 0 unspecified atom stereocenters. The smallest absolute Gasteiger partial charge is 0.253 e. The van der Waals surface area contributed by atoms with Crippen molar-refractivity contribution in [2.24, 2.45) is 0 Å². The Labute approximate surface area is 137 Å². The molecule has 126 valence electrons. The second-order valence-corrected chi connectivity index (χ2v) is 6.58. The van der Waals surface area contributed by atoms with Crippen LogP contribution in [0.25, 0.3) is 0 Å². The van der Waals surface area contributed by atoms with E-state index in [1.807, 2.05) is 4.90 Å². The molecule has 3 heterocycles. The predicted molar refractivity (Wildman–Crippen MR) is 88.2 cm³/mol. The number of aliphatic hydroxyl groups excluding tert-OH is 1. The maximum absolute atomic E-state index is 12.6. The first kappa shape index (κ1) is 16.4. The highest BCUT2D eigenvalue weighted by Crippen LogP contribution is 2.20. The largest absolute Gasteiger partial charge is 0.391 e. The molecule has 0 radical (unpaired) electrons. The van der Waals surface area contributed by atoms with Crippen molar-refractivity contribution in [2.75, 3.05) is 46.3 Å². The van der Waals surface area contributed by atoms with Gasteiger partial charge in [-0.3, -0.25) is 14.7 Å². The molecule has 1 aromatic heterocycles. The van der Waals surface area contributed by atoms with Crippen LogP contribution >= 0.6 is 0 Å². The fourth-order valence-electron chi connectivity index (χ4n) is 3.53. The molecule has 2 atom stereocenters. The lowest BCUT2D eigenvalue weighted by Gasteiger charge is -2.39. The molecule has 23 heavy (non-hydrogen) atoms. The van der Waals surface area contributed by atoms with E-state index in [0.717, 1.165) is 32.6 Å². The van der Waals surface area contributed by atoms with Crippen LogP contribution in [0.2, 0.25) is 0 Å². The molecule has 1 amide bonds. The molecule has 0 bridgehead atoms. The Bertz CT molecular complexity index is 517. The third-order valence-electron chi connectivity index (χ3n) is 5.06. The highest BCUT2D eigenvalue weighted by molar-refractivity contribution is 5.94. The minimum Gasteiger partial charge on any atom is -0.391 e. The van der Waals surface area contributed by atoms with E-state index < -0.39 is 0 Å². The Morgan fingerprint density at radius 3 is 2.43 bits per heavy atom. The summed E-state index contributed by atoms with van der Waals surface area (Å²) in [6.45, 7) is 5.40. The average Bonchev–Trinajstić information content (AvgIpc) is 2.78. The van der Waals surface area contributed by atoms with Crippen molar-refractivity contribution < 1.29 is 9.90 Å².